The predicted molar refractivity (Wildman–Crippen MR) is 120 cm³/mol. The fraction of sp³-hybridized carbons (Fsp3) is 0.455. The Labute approximate surface area is 180 Å². The molecular weight excluding hydrogens is 393 g/mol. The van der Waals surface area contributed by atoms with Crippen LogP contribution in [0.15, 0.2) is 48.8 Å². The monoisotopic (exact) mass is 423 g/mol. The summed E-state index contributed by atoms with van der Waals surface area (Å²) >= 11 is 0. The molecule has 1 fully saturated rings. The van der Waals surface area contributed by atoms with E-state index in [1.165, 1.54) is 12.8 Å². The number of piperidine rings is 1. The number of amides is 1. The Kier molecular flexibility index (Phi) is 10.5. The van der Waals surface area contributed by atoms with Gasteiger partial charge in [0.15, 0.2) is 0 Å². The van der Waals surface area contributed by atoms with Crippen molar-refractivity contribution in [3.05, 3.63) is 54.4 Å². The molecule has 28 heavy (non-hydrogen) atoms. The zero-order valence-electron chi connectivity index (χ0n) is 16.6. The molecule has 3 rings (SSSR count). The molecule has 0 aliphatic carbocycles. The van der Waals surface area contributed by atoms with E-state index >= 15 is 0 Å². The zero-order chi connectivity index (χ0) is 18.4. The van der Waals surface area contributed by atoms with Gasteiger partial charge in [0.2, 0.25) is 5.91 Å². The first-order chi connectivity index (χ1) is 12.6. The van der Waals surface area contributed by atoms with Gasteiger partial charge < -0.3 is 10.6 Å². The van der Waals surface area contributed by atoms with Gasteiger partial charge in [0.05, 0.1) is 6.04 Å². The van der Waals surface area contributed by atoms with E-state index in [0.717, 1.165) is 29.8 Å². The zero-order valence-corrected chi connectivity index (χ0v) is 18.2. The second-order valence-corrected chi connectivity index (χ2v) is 7.42. The molecule has 2 unspecified atom stereocenters. The summed E-state index contributed by atoms with van der Waals surface area (Å²) in [6, 6.07) is 12.4. The first kappa shape index (κ1) is 24.4. The van der Waals surface area contributed by atoms with E-state index in [9.17, 15) is 4.79 Å². The molecule has 2 aromatic rings. The SMILES string of the molecule is CC(NC(=O)CC(C)C1CCNCC1)c1ccc(-c2ccncc2)cc1.Cl.Cl. The van der Waals surface area contributed by atoms with Gasteiger partial charge in [-0.05, 0) is 73.5 Å². The number of rotatable bonds is 6. The first-order valence-electron chi connectivity index (χ1n) is 9.64. The molecule has 1 aliphatic heterocycles. The van der Waals surface area contributed by atoms with Gasteiger partial charge in [-0.25, -0.2) is 0 Å². The van der Waals surface area contributed by atoms with Crippen molar-refractivity contribution in [1.82, 2.24) is 15.6 Å². The summed E-state index contributed by atoms with van der Waals surface area (Å²) in [6.45, 7) is 6.42. The second kappa shape index (κ2) is 12.1. The molecule has 2 atom stereocenters. The van der Waals surface area contributed by atoms with Crippen LogP contribution in [0.25, 0.3) is 11.1 Å². The molecule has 2 heterocycles. The van der Waals surface area contributed by atoms with Crippen LogP contribution < -0.4 is 10.6 Å². The fourth-order valence-corrected chi connectivity index (χ4v) is 3.76. The van der Waals surface area contributed by atoms with Crippen LogP contribution in [0.4, 0.5) is 0 Å². The van der Waals surface area contributed by atoms with Crippen molar-refractivity contribution in [2.45, 2.75) is 39.2 Å². The van der Waals surface area contributed by atoms with Crippen LogP contribution in [0.2, 0.25) is 0 Å². The highest BCUT2D eigenvalue weighted by molar-refractivity contribution is 5.85. The van der Waals surface area contributed by atoms with Gasteiger partial charge in [-0.3, -0.25) is 9.78 Å². The van der Waals surface area contributed by atoms with Gasteiger partial charge in [-0.15, -0.1) is 24.8 Å². The average molecular weight is 424 g/mol. The summed E-state index contributed by atoms with van der Waals surface area (Å²) in [4.78, 5) is 16.5. The summed E-state index contributed by atoms with van der Waals surface area (Å²) in [5.41, 5.74) is 3.44. The summed E-state index contributed by atoms with van der Waals surface area (Å²) in [6.07, 6.45) is 6.58. The van der Waals surface area contributed by atoms with E-state index < -0.39 is 0 Å². The molecule has 154 valence electrons. The maximum Gasteiger partial charge on any atom is 0.220 e. The third-order valence-electron chi connectivity index (χ3n) is 5.50. The Morgan fingerprint density at radius 1 is 1.04 bits per heavy atom. The van der Waals surface area contributed by atoms with Gasteiger partial charge in [-0.1, -0.05) is 31.2 Å². The third kappa shape index (κ3) is 6.77. The van der Waals surface area contributed by atoms with Crippen molar-refractivity contribution < 1.29 is 4.79 Å². The van der Waals surface area contributed by atoms with E-state index in [2.05, 4.69) is 53.7 Å². The Hall–Kier alpha value is -1.62. The number of carbonyl (C=O) groups excluding carboxylic acids is 1. The second-order valence-electron chi connectivity index (χ2n) is 7.42. The predicted octanol–water partition coefficient (Wildman–Crippen LogP) is 4.80. The Morgan fingerprint density at radius 3 is 2.21 bits per heavy atom. The Bertz CT molecular complexity index is 703. The lowest BCUT2D eigenvalue weighted by Gasteiger charge is -2.28. The minimum atomic E-state index is 0. The van der Waals surface area contributed by atoms with E-state index in [0.29, 0.717) is 18.3 Å². The number of hydrogen-bond donors (Lipinski definition) is 2. The molecule has 0 spiro atoms. The van der Waals surface area contributed by atoms with Gasteiger partial charge in [0, 0.05) is 18.8 Å². The van der Waals surface area contributed by atoms with Gasteiger partial charge in [0.1, 0.15) is 0 Å². The van der Waals surface area contributed by atoms with Crippen LogP contribution in [0, 0.1) is 11.8 Å². The van der Waals surface area contributed by atoms with Crippen LogP contribution in [-0.2, 0) is 4.79 Å². The van der Waals surface area contributed by atoms with Gasteiger partial charge >= 0.3 is 0 Å². The molecule has 2 N–H and O–H groups in total. The lowest BCUT2D eigenvalue weighted by atomic mass is 9.84. The van der Waals surface area contributed by atoms with Crippen molar-refractivity contribution in [3.63, 3.8) is 0 Å². The van der Waals surface area contributed by atoms with Crippen LogP contribution in [-0.4, -0.2) is 24.0 Å². The van der Waals surface area contributed by atoms with E-state index in [-0.39, 0.29) is 36.8 Å². The van der Waals surface area contributed by atoms with Crippen LogP contribution >= 0.6 is 24.8 Å². The standard InChI is InChI=1S/C22H29N3O.2ClH/c1-16(18-7-11-23-12-8-18)15-22(26)25-17(2)19-3-5-20(6-4-19)21-9-13-24-14-10-21;;/h3-6,9-10,13-14,16-18,23H,7-8,11-12,15H2,1-2H3,(H,25,26);2*1H. The van der Waals surface area contributed by atoms with Crippen LogP contribution in [0.3, 0.4) is 0 Å². The van der Waals surface area contributed by atoms with Crippen LogP contribution in [0.5, 0.6) is 0 Å². The number of pyridine rings is 1. The Balaban J connectivity index is 0.00000196. The maximum atomic E-state index is 12.4. The minimum absolute atomic E-state index is 0. The molecular formula is C22H31Cl2N3O. The fourth-order valence-electron chi connectivity index (χ4n) is 3.76. The normalized spacial score (nSPS) is 16.2. The molecule has 1 aromatic heterocycles. The lowest BCUT2D eigenvalue weighted by Crippen LogP contribution is -2.34. The number of benzene rings is 1. The number of halogens is 2. The van der Waals surface area contributed by atoms with E-state index in [1.54, 1.807) is 12.4 Å². The number of aromatic nitrogens is 1. The summed E-state index contributed by atoms with van der Waals surface area (Å²) in [7, 11) is 0. The maximum absolute atomic E-state index is 12.4. The third-order valence-corrected chi connectivity index (χ3v) is 5.50. The largest absolute Gasteiger partial charge is 0.350 e. The molecule has 1 saturated heterocycles. The van der Waals surface area contributed by atoms with Crippen molar-refractivity contribution in [2.24, 2.45) is 11.8 Å². The first-order valence-corrected chi connectivity index (χ1v) is 9.64. The lowest BCUT2D eigenvalue weighted by molar-refractivity contribution is -0.123. The summed E-state index contributed by atoms with van der Waals surface area (Å²) in [5.74, 6) is 1.26. The summed E-state index contributed by atoms with van der Waals surface area (Å²) in [5, 5.41) is 6.55. The van der Waals surface area contributed by atoms with E-state index in [1.807, 2.05) is 12.1 Å². The van der Waals surface area contributed by atoms with Crippen molar-refractivity contribution in [1.29, 1.82) is 0 Å². The molecule has 1 aromatic carbocycles. The quantitative estimate of drug-likeness (QED) is 0.701. The average Bonchev–Trinajstić information content (AvgIpc) is 2.69. The van der Waals surface area contributed by atoms with E-state index in [4.69, 9.17) is 0 Å². The van der Waals surface area contributed by atoms with Crippen molar-refractivity contribution >= 4 is 30.7 Å². The smallest absolute Gasteiger partial charge is 0.220 e. The number of nitrogens with zero attached hydrogens (tertiary/aromatic N) is 1. The molecule has 0 saturated carbocycles. The molecule has 0 radical (unpaired) electrons. The van der Waals surface area contributed by atoms with Crippen molar-refractivity contribution in [2.75, 3.05) is 13.1 Å². The Morgan fingerprint density at radius 2 is 1.61 bits per heavy atom. The number of nitrogens with one attached hydrogen (secondary N) is 2. The van der Waals surface area contributed by atoms with Gasteiger partial charge in [-0.2, -0.15) is 0 Å². The number of hydrogen-bond acceptors (Lipinski definition) is 3. The molecule has 1 amide bonds. The molecule has 1 aliphatic rings. The highest BCUT2D eigenvalue weighted by Gasteiger charge is 2.22. The molecule has 4 nitrogen and oxygen atoms in total. The van der Waals surface area contributed by atoms with Gasteiger partial charge in [0.25, 0.3) is 0 Å². The van der Waals surface area contributed by atoms with Crippen LogP contribution in [0.1, 0.15) is 44.7 Å². The highest BCUT2D eigenvalue weighted by Crippen LogP contribution is 2.25. The highest BCUT2D eigenvalue weighted by atomic mass is 35.5. The topological polar surface area (TPSA) is 54.0 Å². The summed E-state index contributed by atoms with van der Waals surface area (Å²) < 4.78 is 0. The molecule has 0 bridgehead atoms. The minimum Gasteiger partial charge on any atom is -0.350 e. The van der Waals surface area contributed by atoms with Crippen molar-refractivity contribution in [3.8, 4) is 11.1 Å². The number of carbonyl (C=O) groups is 1. The molecule has 6 heteroatoms.